The number of thioether (sulfide) groups is 1. The molecule has 0 saturated carbocycles. The zero-order valence-corrected chi connectivity index (χ0v) is 24.9. The van der Waals surface area contributed by atoms with E-state index in [4.69, 9.17) is 30.4 Å². The number of nitrogens with one attached hydrogen (secondary N) is 1. The number of benzene rings is 2. The van der Waals surface area contributed by atoms with E-state index < -0.39 is 34.9 Å². The van der Waals surface area contributed by atoms with Crippen LogP contribution in [0.25, 0.3) is 11.0 Å². The number of aromatic nitrogens is 3. The van der Waals surface area contributed by atoms with Gasteiger partial charge >= 0.3 is 0 Å². The first-order valence-corrected chi connectivity index (χ1v) is 14.8. The lowest BCUT2D eigenvalue weighted by atomic mass is 10.1. The van der Waals surface area contributed by atoms with Gasteiger partial charge in [0, 0.05) is 29.1 Å². The van der Waals surface area contributed by atoms with Crippen molar-refractivity contribution < 1.29 is 37.0 Å². The molecule has 4 aromatic rings. The Kier molecular flexibility index (Phi) is 9.11. The number of amides is 2. The number of primary amides is 2. The number of ether oxygens (including phenoxy) is 4. The molecule has 5 N–H and O–H groups in total. The highest BCUT2D eigenvalue weighted by atomic mass is 32.2. The van der Waals surface area contributed by atoms with Crippen LogP contribution in [0.2, 0.25) is 0 Å². The molecule has 13 nitrogen and oxygen atoms in total. The smallest absolute Gasteiger partial charge is 0.255 e. The van der Waals surface area contributed by atoms with Gasteiger partial charge < -0.3 is 35.4 Å². The van der Waals surface area contributed by atoms with Crippen LogP contribution in [-0.2, 0) is 25.2 Å². The maximum Gasteiger partial charge on any atom is 0.255 e. The molecule has 0 spiro atoms. The van der Waals surface area contributed by atoms with Crippen molar-refractivity contribution in [3.8, 4) is 23.0 Å². The van der Waals surface area contributed by atoms with E-state index in [1.165, 1.54) is 37.1 Å². The average Bonchev–Trinajstić information content (AvgIpc) is 3.37. The van der Waals surface area contributed by atoms with Crippen molar-refractivity contribution >= 4 is 44.4 Å². The molecule has 42 heavy (non-hydrogen) atoms. The highest BCUT2D eigenvalue weighted by molar-refractivity contribution is 7.98. The maximum atomic E-state index is 14.0. The van der Waals surface area contributed by atoms with Gasteiger partial charge in [0.15, 0.2) is 29.9 Å². The van der Waals surface area contributed by atoms with Crippen molar-refractivity contribution in [3.63, 3.8) is 0 Å². The third kappa shape index (κ3) is 6.36. The SMILES string of the molecule is COc1ccc2[nH]c(SCc3ncc(C)c(OC)c3C)nc2c1S(=O)(=O)c1ccc(OCC(N)=O)c(OCC(N)=O)c1. The van der Waals surface area contributed by atoms with Gasteiger partial charge in [-0.1, -0.05) is 11.8 Å². The number of sulfone groups is 1. The predicted octanol–water partition coefficient (Wildman–Crippen LogP) is 2.45. The predicted molar refractivity (Wildman–Crippen MR) is 154 cm³/mol. The largest absolute Gasteiger partial charge is 0.496 e. The van der Waals surface area contributed by atoms with Gasteiger partial charge in [0.1, 0.15) is 21.9 Å². The van der Waals surface area contributed by atoms with Gasteiger partial charge in [0.05, 0.1) is 30.3 Å². The molecule has 0 radical (unpaired) electrons. The summed E-state index contributed by atoms with van der Waals surface area (Å²) in [6.45, 7) is 2.79. The molecule has 0 unspecified atom stereocenters. The molecule has 0 aliphatic rings. The number of rotatable bonds is 13. The number of fused-ring (bicyclic) bond motifs is 1. The fourth-order valence-electron chi connectivity index (χ4n) is 4.15. The van der Waals surface area contributed by atoms with Gasteiger partial charge in [-0.05, 0) is 38.1 Å². The number of methoxy groups -OCH3 is 2. The summed E-state index contributed by atoms with van der Waals surface area (Å²) >= 11 is 1.35. The van der Waals surface area contributed by atoms with Gasteiger partial charge in [0.25, 0.3) is 11.8 Å². The maximum absolute atomic E-state index is 14.0. The number of nitrogens with two attached hydrogens (primary N) is 2. The number of imidazole rings is 1. The molecule has 0 atom stereocenters. The number of H-pyrrole nitrogens is 1. The van der Waals surface area contributed by atoms with E-state index in [1.54, 1.807) is 19.4 Å². The second-order valence-electron chi connectivity index (χ2n) is 8.99. The van der Waals surface area contributed by atoms with E-state index in [9.17, 15) is 18.0 Å². The number of carbonyl (C=O) groups is 2. The fourth-order valence-corrected chi connectivity index (χ4v) is 6.63. The van der Waals surface area contributed by atoms with E-state index in [0.717, 1.165) is 28.6 Å². The minimum atomic E-state index is -4.28. The van der Waals surface area contributed by atoms with Crippen molar-refractivity contribution in [2.24, 2.45) is 11.5 Å². The normalized spacial score (nSPS) is 11.3. The van der Waals surface area contributed by atoms with Crippen molar-refractivity contribution in [1.82, 2.24) is 15.0 Å². The van der Waals surface area contributed by atoms with Gasteiger partial charge in [-0.25, -0.2) is 13.4 Å². The summed E-state index contributed by atoms with van der Waals surface area (Å²) in [5, 5.41) is 0.469. The van der Waals surface area contributed by atoms with Crippen LogP contribution >= 0.6 is 11.8 Å². The fraction of sp³-hybridized carbons (Fsp3) is 0.259. The Bertz CT molecular complexity index is 1770. The number of carbonyl (C=O) groups excluding carboxylic acids is 2. The van der Waals surface area contributed by atoms with Crippen LogP contribution in [0.4, 0.5) is 0 Å². The Hall–Kier alpha value is -4.50. The molecule has 0 bridgehead atoms. The van der Waals surface area contributed by atoms with Crippen molar-refractivity contribution in [3.05, 3.63) is 53.3 Å². The number of hydrogen-bond acceptors (Lipinski definition) is 11. The van der Waals surface area contributed by atoms with Crippen LogP contribution in [0.15, 0.2) is 51.5 Å². The van der Waals surface area contributed by atoms with Crippen LogP contribution in [0.5, 0.6) is 23.0 Å². The lowest BCUT2D eigenvalue weighted by Crippen LogP contribution is -2.22. The molecule has 2 aromatic carbocycles. The number of hydrogen-bond donors (Lipinski definition) is 3. The Morgan fingerprint density at radius 1 is 0.952 bits per heavy atom. The minimum Gasteiger partial charge on any atom is -0.496 e. The van der Waals surface area contributed by atoms with Crippen LogP contribution in [-0.4, -0.2) is 62.6 Å². The molecule has 0 fully saturated rings. The minimum absolute atomic E-state index is 0.00531. The first-order chi connectivity index (χ1) is 20.0. The van der Waals surface area contributed by atoms with Gasteiger partial charge in [-0.3, -0.25) is 14.6 Å². The highest BCUT2D eigenvalue weighted by Gasteiger charge is 2.29. The Balaban J connectivity index is 1.74. The first kappa shape index (κ1) is 30.5. The molecule has 15 heteroatoms. The quantitative estimate of drug-likeness (QED) is 0.187. The van der Waals surface area contributed by atoms with E-state index in [1.807, 2.05) is 13.8 Å². The topological polar surface area (TPSA) is 199 Å². The van der Waals surface area contributed by atoms with Crippen molar-refractivity contribution in [2.45, 2.75) is 34.5 Å². The summed E-state index contributed by atoms with van der Waals surface area (Å²) in [6, 6.07) is 6.91. The number of nitrogens with zero attached hydrogens (tertiary/aromatic N) is 2. The standard InChI is InChI=1S/C27H29N5O8S2/c1-14-10-30-18(15(2)25(14)38-4)13-41-27-31-17-6-8-20(37-3)26(24(17)32-27)42(35,36)16-5-7-19(39-11-22(28)33)21(9-16)40-12-23(29)34/h5-10H,11-13H2,1-4H3,(H2,28,33)(H2,29,34)(H,31,32). The van der Waals surface area contributed by atoms with Crippen molar-refractivity contribution in [2.75, 3.05) is 27.4 Å². The third-order valence-corrected chi connectivity index (χ3v) is 8.79. The molecule has 2 aromatic heterocycles. The van der Waals surface area contributed by atoms with Crippen LogP contribution < -0.4 is 30.4 Å². The second-order valence-corrected chi connectivity index (χ2v) is 11.8. The summed E-state index contributed by atoms with van der Waals surface area (Å²) in [5.74, 6) is -0.413. The molecule has 0 aliphatic carbocycles. The summed E-state index contributed by atoms with van der Waals surface area (Å²) in [4.78, 5) is 34.4. The highest BCUT2D eigenvalue weighted by Crippen LogP contribution is 2.39. The molecule has 0 saturated heterocycles. The van der Waals surface area contributed by atoms with Crippen LogP contribution in [0.1, 0.15) is 16.8 Å². The Morgan fingerprint density at radius 3 is 2.26 bits per heavy atom. The average molecular weight is 616 g/mol. The van der Waals surface area contributed by atoms with Gasteiger partial charge in [0.2, 0.25) is 9.84 Å². The molecular formula is C27H29N5O8S2. The van der Waals surface area contributed by atoms with E-state index in [2.05, 4.69) is 15.0 Å². The molecular weight excluding hydrogens is 586 g/mol. The number of aryl methyl sites for hydroxylation is 1. The lowest BCUT2D eigenvalue weighted by Gasteiger charge is -2.14. The molecule has 2 heterocycles. The first-order valence-electron chi connectivity index (χ1n) is 12.4. The second kappa shape index (κ2) is 12.6. The molecule has 0 aliphatic heterocycles. The molecule has 2 amide bonds. The monoisotopic (exact) mass is 615 g/mol. The van der Waals surface area contributed by atoms with Crippen LogP contribution in [0.3, 0.4) is 0 Å². The number of aromatic amines is 1. The summed E-state index contributed by atoms with van der Waals surface area (Å²) in [5.41, 5.74) is 13.6. The summed E-state index contributed by atoms with van der Waals surface area (Å²) in [6.07, 6.45) is 1.74. The van der Waals surface area contributed by atoms with Crippen molar-refractivity contribution in [1.29, 1.82) is 0 Å². The van der Waals surface area contributed by atoms with E-state index >= 15 is 0 Å². The number of pyridine rings is 1. The molecule has 4 rings (SSSR count). The Labute approximate surface area is 245 Å². The summed E-state index contributed by atoms with van der Waals surface area (Å²) < 4.78 is 49.6. The van der Waals surface area contributed by atoms with Gasteiger partial charge in [-0.2, -0.15) is 0 Å². The zero-order chi connectivity index (χ0) is 30.6. The third-order valence-electron chi connectivity index (χ3n) is 6.10. The van der Waals surface area contributed by atoms with Gasteiger partial charge in [-0.15, -0.1) is 0 Å². The summed E-state index contributed by atoms with van der Waals surface area (Å²) in [7, 11) is -1.32. The zero-order valence-electron chi connectivity index (χ0n) is 23.2. The Morgan fingerprint density at radius 2 is 1.62 bits per heavy atom. The van der Waals surface area contributed by atoms with Crippen LogP contribution in [0, 0.1) is 13.8 Å². The lowest BCUT2D eigenvalue weighted by molar-refractivity contribution is -0.121. The van der Waals surface area contributed by atoms with E-state index in [0.29, 0.717) is 16.4 Å². The molecule has 222 valence electrons. The van der Waals surface area contributed by atoms with E-state index in [-0.39, 0.29) is 32.6 Å².